The summed E-state index contributed by atoms with van der Waals surface area (Å²) < 4.78 is 47.4. The molecule has 1 aliphatic rings. The Bertz CT molecular complexity index is 1520. The van der Waals surface area contributed by atoms with Gasteiger partial charge in [0.05, 0.1) is 9.82 Å². The number of nitro groups is 1. The van der Waals surface area contributed by atoms with Crippen LogP contribution in [0.25, 0.3) is 22.2 Å². The predicted molar refractivity (Wildman–Crippen MR) is 123 cm³/mol. The molecule has 0 saturated carbocycles. The van der Waals surface area contributed by atoms with Gasteiger partial charge in [0.2, 0.25) is 15.9 Å². The number of aryl methyl sites for hydroxylation is 1. The minimum atomic E-state index is -3.90. The summed E-state index contributed by atoms with van der Waals surface area (Å²) in [6, 6.07) is 14.6. The van der Waals surface area contributed by atoms with Gasteiger partial charge in [0.25, 0.3) is 5.69 Å². The molecule has 0 bridgehead atoms. The summed E-state index contributed by atoms with van der Waals surface area (Å²) in [6.07, 6.45) is 1.18. The van der Waals surface area contributed by atoms with Crippen LogP contribution in [-0.4, -0.2) is 29.2 Å². The quantitative estimate of drug-likeness (QED) is 0.280. The lowest BCUT2D eigenvalue weighted by molar-refractivity contribution is -0.384. The predicted octanol–water partition coefficient (Wildman–Crippen LogP) is 5.38. The largest absolute Gasteiger partial charge is 0.439 e. The lowest BCUT2D eigenvalue weighted by Gasteiger charge is -2.21. The summed E-state index contributed by atoms with van der Waals surface area (Å²) in [5.74, 6) is 0.0227. The number of nitro benzene ring substituents is 1. The van der Waals surface area contributed by atoms with Crippen molar-refractivity contribution >= 4 is 26.8 Å². The first-order valence-corrected chi connectivity index (χ1v) is 12.1. The van der Waals surface area contributed by atoms with E-state index in [0.29, 0.717) is 41.9 Å². The number of halogens is 1. The second kappa shape index (κ2) is 8.30. The summed E-state index contributed by atoms with van der Waals surface area (Å²) >= 11 is 0. The van der Waals surface area contributed by atoms with Crippen molar-refractivity contribution in [3.8, 4) is 11.1 Å². The topological polar surface area (TPSA) is 107 Å². The number of sulfonamides is 1. The molecule has 0 aliphatic carbocycles. The van der Waals surface area contributed by atoms with Crippen LogP contribution in [0.2, 0.25) is 0 Å². The van der Waals surface area contributed by atoms with Gasteiger partial charge < -0.3 is 4.42 Å². The van der Waals surface area contributed by atoms with Crippen LogP contribution in [0, 0.1) is 22.9 Å². The van der Waals surface area contributed by atoms with Crippen molar-refractivity contribution in [3.05, 3.63) is 88.0 Å². The Morgan fingerprint density at radius 3 is 2.50 bits per heavy atom. The molecule has 1 atom stereocenters. The number of non-ortho nitro benzene ring substituents is 1. The number of aromatic nitrogens is 1. The molecule has 1 unspecified atom stereocenters. The third-order valence-electron chi connectivity index (χ3n) is 6.04. The summed E-state index contributed by atoms with van der Waals surface area (Å²) in [6.45, 7) is 1.99. The molecule has 2 heterocycles. The molecule has 0 amide bonds. The number of benzene rings is 3. The Balaban J connectivity index is 1.47. The maximum absolute atomic E-state index is 13.6. The normalized spacial score (nSPS) is 16.8. The molecule has 1 fully saturated rings. The van der Waals surface area contributed by atoms with E-state index >= 15 is 0 Å². The Morgan fingerprint density at radius 1 is 1.09 bits per heavy atom. The molecule has 0 spiro atoms. The number of hydrogen-bond acceptors (Lipinski definition) is 6. The van der Waals surface area contributed by atoms with Crippen LogP contribution in [0.1, 0.15) is 30.3 Å². The highest BCUT2D eigenvalue weighted by molar-refractivity contribution is 7.89. The van der Waals surface area contributed by atoms with Crippen molar-refractivity contribution < 1.29 is 22.1 Å². The SMILES string of the molecule is Cc1cc(-c2ccc3oc(C4CCCN4S(=O)(=O)c4ccc([N+](=O)[O-])cc4)nc3c2)ccc1F. The van der Waals surface area contributed by atoms with Crippen molar-refractivity contribution in [1.82, 2.24) is 9.29 Å². The highest BCUT2D eigenvalue weighted by atomic mass is 32.2. The van der Waals surface area contributed by atoms with Gasteiger partial charge in [-0.2, -0.15) is 4.31 Å². The standard InChI is InChI=1S/C24H20FN3O5S/c1-15-13-16(4-10-20(15)25)17-5-11-23-21(14-17)26-24(33-23)22-3-2-12-27(22)34(31,32)19-8-6-18(7-9-19)28(29)30/h4-11,13-14,22H,2-3,12H2,1H3. The van der Waals surface area contributed by atoms with Gasteiger partial charge >= 0.3 is 0 Å². The Labute approximate surface area is 194 Å². The highest BCUT2D eigenvalue weighted by Crippen LogP contribution is 2.38. The van der Waals surface area contributed by atoms with E-state index in [1.807, 2.05) is 12.1 Å². The maximum Gasteiger partial charge on any atom is 0.269 e. The van der Waals surface area contributed by atoms with E-state index in [1.54, 1.807) is 25.1 Å². The molecule has 1 aromatic heterocycles. The highest BCUT2D eigenvalue weighted by Gasteiger charge is 2.39. The minimum Gasteiger partial charge on any atom is -0.439 e. The zero-order valence-corrected chi connectivity index (χ0v) is 19.0. The zero-order chi connectivity index (χ0) is 24.0. The van der Waals surface area contributed by atoms with E-state index < -0.39 is 21.0 Å². The Kier molecular flexibility index (Phi) is 5.41. The molecule has 1 saturated heterocycles. The first-order chi connectivity index (χ1) is 16.2. The van der Waals surface area contributed by atoms with Gasteiger partial charge in [0.15, 0.2) is 5.58 Å². The lowest BCUT2D eigenvalue weighted by atomic mass is 10.0. The summed E-state index contributed by atoms with van der Waals surface area (Å²) in [7, 11) is -3.90. The van der Waals surface area contributed by atoms with Gasteiger partial charge in [0, 0.05) is 18.7 Å². The number of hydrogen-bond donors (Lipinski definition) is 0. The van der Waals surface area contributed by atoms with Crippen molar-refractivity contribution in [2.75, 3.05) is 6.54 Å². The number of oxazole rings is 1. The molecular weight excluding hydrogens is 461 g/mol. The maximum atomic E-state index is 13.6. The smallest absolute Gasteiger partial charge is 0.269 e. The molecule has 8 nitrogen and oxygen atoms in total. The number of nitrogens with zero attached hydrogens (tertiary/aromatic N) is 3. The Morgan fingerprint density at radius 2 is 1.79 bits per heavy atom. The number of fused-ring (bicyclic) bond motifs is 1. The van der Waals surface area contributed by atoms with Crippen LogP contribution >= 0.6 is 0 Å². The van der Waals surface area contributed by atoms with Crippen LogP contribution in [-0.2, 0) is 10.0 Å². The Hall–Kier alpha value is -3.63. The fourth-order valence-electron chi connectivity index (χ4n) is 4.24. The minimum absolute atomic E-state index is 0.0184. The molecule has 0 radical (unpaired) electrons. The van der Waals surface area contributed by atoms with Gasteiger partial charge in [-0.15, -0.1) is 0 Å². The second-order valence-corrected chi connectivity index (χ2v) is 10.1. The molecule has 0 N–H and O–H groups in total. The molecule has 4 aromatic rings. The van der Waals surface area contributed by atoms with E-state index in [9.17, 15) is 22.9 Å². The van der Waals surface area contributed by atoms with Crippen molar-refractivity contribution in [2.45, 2.75) is 30.7 Å². The number of rotatable bonds is 5. The lowest BCUT2D eigenvalue weighted by Crippen LogP contribution is -2.30. The first kappa shape index (κ1) is 22.2. The summed E-state index contributed by atoms with van der Waals surface area (Å²) in [5.41, 5.74) is 3.15. The van der Waals surface area contributed by atoms with Crippen LogP contribution in [0.3, 0.4) is 0 Å². The van der Waals surface area contributed by atoms with E-state index in [2.05, 4.69) is 4.98 Å². The van der Waals surface area contributed by atoms with E-state index in [4.69, 9.17) is 4.42 Å². The molecule has 34 heavy (non-hydrogen) atoms. The molecule has 10 heteroatoms. The zero-order valence-electron chi connectivity index (χ0n) is 18.1. The molecule has 1 aliphatic heterocycles. The van der Waals surface area contributed by atoms with E-state index in [-0.39, 0.29) is 16.4 Å². The van der Waals surface area contributed by atoms with Crippen molar-refractivity contribution in [3.63, 3.8) is 0 Å². The van der Waals surface area contributed by atoms with Gasteiger partial charge in [-0.1, -0.05) is 12.1 Å². The first-order valence-electron chi connectivity index (χ1n) is 10.7. The van der Waals surface area contributed by atoms with Crippen LogP contribution in [0.5, 0.6) is 0 Å². The van der Waals surface area contributed by atoms with Crippen LogP contribution in [0.4, 0.5) is 10.1 Å². The molecule has 5 rings (SSSR count). The fourth-order valence-corrected chi connectivity index (χ4v) is 5.89. The third kappa shape index (κ3) is 3.84. The third-order valence-corrected chi connectivity index (χ3v) is 7.96. The fraction of sp³-hybridized carbons (Fsp3) is 0.208. The average molecular weight is 482 g/mol. The van der Waals surface area contributed by atoms with Crippen molar-refractivity contribution in [2.24, 2.45) is 0 Å². The van der Waals surface area contributed by atoms with Crippen LogP contribution < -0.4 is 0 Å². The summed E-state index contributed by atoms with van der Waals surface area (Å²) in [5, 5.41) is 10.9. The van der Waals surface area contributed by atoms with E-state index in [1.165, 1.54) is 34.6 Å². The van der Waals surface area contributed by atoms with Gasteiger partial charge in [-0.05, 0) is 72.9 Å². The monoisotopic (exact) mass is 481 g/mol. The van der Waals surface area contributed by atoms with E-state index in [0.717, 1.165) is 11.1 Å². The summed E-state index contributed by atoms with van der Waals surface area (Å²) in [4.78, 5) is 14.9. The van der Waals surface area contributed by atoms with Gasteiger partial charge in [-0.3, -0.25) is 10.1 Å². The van der Waals surface area contributed by atoms with Gasteiger partial charge in [-0.25, -0.2) is 17.8 Å². The van der Waals surface area contributed by atoms with Crippen molar-refractivity contribution in [1.29, 1.82) is 0 Å². The molecule has 174 valence electrons. The average Bonchev–Trinajstić information content (AvgIpc) is 3.48. The molecule has 3 aromatic carbocycles. The van der Waals surface area contributed by atoms with Gasteiger partial charge in [0.1, 0.15) is 17.4 Å². The van der Waals surface area contributed by atoms with Crippen LogP contribution in [0.15, 0.2) is 70.0 Å². The molecular formula is C24H20FN3O5S. The second-order valence-electron chi connectivity index (χ2n) is 8.22.